The number of nitrogens with one attached hydrogen (secondary N) is 2. The molecule has 1 saturated carbocycles. The topological polar surface area (TPSA) is 93.7 Å². The summed E-state index contributed by atoms with van der Waals surface area (Å²) in [6.07, 6.45) is 4.11. The van der Waals surface area contributed by atoms with Gasteiger partial charge in [0.05, 0.1) is 20.0 Å². The van der Waals surface area contributed by atoms with Crippen molar-refractivity contribution in [1.82, 2.24) is 10.0 Å². The van der Waals surface area contributed by atoms with Gasteiger partial charge in [0.15, 0.2) is 0 Å². The first-order valence-electron chi connectivity index (χ1n) is 8.86. The Balaban J connectivity index is 1.89. The van der Waals surface area contributed by atoms with Crippen molar-refractivity contribution in [3.05, 3.63) is 23.8 Å². The SMILES string of the molecule is COc1cc(OC)cc(C(=O)NCCS(=O)(=O)N[C@H]2CCCC[C@H]2C)c1. The summed E-state index contributed by atoms with van der Waals surface area (Å²) >= 11 is 0. The summed E-state index contributed by atoms with van der Waals surface area (Å²) in [5.74, 6) is 0.814. The van der Waals surface area contributed by atoms with Crippen molar-refractivity contribution in [3.8, 4) is 11.5 Å². The number of hydrogen-bond acceptors (Lipinski definition) is 5. The number of carbonyl (C=O) groups excluding carboxylic acids is 1. The third kappa shape index (κ3) is 5.88. The van der Waals surface area contributed by atoms with Crippen molar-refractivity contribution in [2.24, 2.45) is 5.92 Å². The Labute approximate surface area is 155 Å². The number of carbonyl (C=O) groups is 1. The zero-order valence-corrected chi connectivity index (χ0v) is 16.4. The minimum absolute atomic E-state index is 0.00732. The number of ether oxygens (including phenoxy) is 2. The van der Waals surface area contributed by atoms with Gasteiger partial charge in [-0.05, 0) is 30.9 Å². The van der Waals surface area contributed by atoms with Gasteiger partial charge < -0.3 is 14.8 Å². The summed E-state index contributed by atoms with van der Waals surface area (Å²) in [5, 5.41) is 2.64. The largest absolute Gasteiger partial charge is 0.497 e. The molecule has 26 heavy (non-hydrogen) atoms. The molecule has 0 heterocycles. The van der Waals surface area contributed by atoms with Gasteiger partial charge in [-0.15, -0.1) is 0 Å². The van der Waals surface area contributed by atoms with Crippen LogP contribution in [0, 0.1) is 5.92 Å². The average molecular weight is 384 g/mol. The van der Waals surface area contributed by atoms with Crippen LogP contribution in [0.15, 0.2) is 18.2 Å². The normalized spacial score (nSPS) is 20.4. The van der Waals surface area contributed by atoms with Crippen molar-refractivity contribution in [1.29, 1.82) is 0 Å². The minimum atomic E-state index is -3.43. The van der Waals surface area contributed by atoms with Gasteiger partial charge in [-0.1, -0.05) is 19.8 Å². The molecule has 2 atom stereocenters. The van der Waals surface area contributed by atoms with Gasteiger partial charge in [0.25, 0.3) is 5.91 Å². The number of hydrogen-bond donors (Lipinski definition) is 2. The third-order valence-corrected chi connectivity index (χ3v) is 6.12. The molecule has 1 aliphatic rings. The fourth-order valence-electron chi connectivity index (χ4n) is 3.12. The Hall–Kier alpha value is -1.80. The Kier molecular flexibility index (Phi) is 7.28. The van der Waals surface area contributed by atoms with Crippen LogP contribution in [0.5, 0.6) is 11.5 Å². The van der Waals surface area contributed by atoms with Gasteiger partial charge >= 0.3 is 0 Å². The third-order valence-electron chi connectivity index (χ3n) is 4.71. The molecule has 0 saturated heterocycles. The van der Waals surface area contributed by atoms with Gasteiger partial charge in [-0.2, -0.15) is 0 Å². The molecule has 0 spiro atoms. The summed E-state index contributed by atoms with van der Waals surface area (Å²) < 4.78 is 37.6. The molecule has 2 rings (SSSR count). The van der Waals surface area contributed by atoms with Crippen LogP contribution >= 0.6 is 0 Å². The van der Waals surface area contributed by atoms with Gasteiger partial charge in [0.1, 0.15) is 11.5 Å². The number of methoxy groups -OCH3 is 2. The molecular weight excluding hydrogens is 356 g/mol. The van der Waals surface area contributed by atoms with Gasteiger partial charge in [0, 0.05) is 24.2 Å². The standard InChI is InChI=1S/C18H28N2O5S/c1-13-6-4-5-7-17(13)20-26(22,23)9-8-19-18(21)14-10-15(24-2)12-16(11-14)25-3/h10-13,17,20H,4-9H2,1-3H3,(H,19,21)/t13-,17+/m1/s1. The fourth-order valence-corrected chi connectivity index (χ4v) is 4.42. The van der Waals surface area contributed by atoms with Crippen LogP contribution in [0.2, 0.25) is 0 Å². The Morgan fingerprint density at radius 2 is 1.73 bits per heavy atom. The lowest BCUT2D eigenvalue weighted by molar-refractivity contribution is 0.0955. The summed E-state index contributed by atoms with van der Waals surface area (Å²) in [6.45, 7) is 2.11. The highest BCUT2D eigenvalue weighted by Crippen LogP contribution is 2.24. The number of amides is 1. The van der Waals surface area contributed by atoms with Crippen LogP contribution in [0.3, 0.4) is 0 Å². The molecule has 146 valence electrons. The van der Waals surface area contributed by atoms with E-state index < -0.39 is 10.0 Å². The minimum Gasteiger partial charge on any atom is -0.497 e. The summed E-state index contributed by atoms with van der Waals surface area (Å²) in [4.78, 5) is 12.3. The van der Waals surface area contributed by atoms with Crippen LogP contribution < -0.4 is 19.5 Å². The zero-order valence-electron chi connectivity index (χ0n) is 15.6. The maximum Gasteiger partial charge on any atom is 0.251 e. The maximum atomic E-state index is 12.3. The smallest absolute Gasteiger partial charge is 0.251 e. The van der Waals surface area contributed by atoms with Crippen LogP contribution in [-0.2, 0) is 10.0 Å². The highest BCUT2D eigenvalue weighted by atomic mass is 32.2. The van der Waals surface area contributed by atoms with Crippen LogP contribution in [0.1, 0.15) is 43.0 Å². The molecule has 1 aromatic carbocycles. The fraction of sp³-hybridized carbons (Fsp3) is 0.611. The predicted molar refractivity (Wildman–Crippen MR) is 100 cm³/mol. The number of sulfonamides is 1. The first kappa shape index (κ1) is 20.5. The summed E-state index contributed by atoms with van der Waals surface area (Å²) in [5.41, 5.74) is 0.354. The van der Waals surface area contributed by atoms with Crippen LogP contribution in [0.25, 0.3) is 0 Å². The van der Waals surface area contributed by atoms with Gasteiger partial charge in [0.2, 0.25) is 10.0 Å². The van der Waals surface area contributed by atoms with E-state index in [4.69, 9.17) is 9.47 Å². The second-order valence-corrected chi connectivity index (χ2v) is 8.54. The molecule has 0 aromatic heterocycles. The highest BCUT2D eigenvalue weighted by molar-refractivity contribution is 7.89. The van der Waals surface area contributed by atoms with E-state index in [-0.39, 0.29) is 24.2 Å². The van der Waals surface area contributed by atoms with Crippen molar-refractivity contribution < 1.29 is 22.7 Å². The van der Waals surface area contributed by atoms with E-state index in [1.807, 2.05) is 0 Å². The quantitative estimate of drug-likeness (QED) is 0.714. The van der Waals surface area contributed by atoms with E-state index >= 15 is 0 Å². The maximum absolute atomic E-state index is 12.3. The van der Waals surface area contributed by atoms with E-state index in [9.17, 15) is 13.2 Å². The molecule has 1 amide bonds. The molecule has 1 aliphatic carbocycles. The number of benzene rings is 1. The van der Waals surface area contributed by atoms with Crippen LogP contribution in [-0.4, -0.2) is 46.9 Å². The van der Waals surface area contributed by atoms with Crippen LogP contribution in [0.4, 0.5) is 0 Å². The summed E-state index contributed by atoms with van der Waals surface area (Å²) in [7, 11) is -0.430. The molecule has 0 bridgehead atoms. The lowest BCUT2D eigenvalue weighted by Gasteiger charge is -2.29. The molecule has 2 N–H and O–H groups in total. The van der Waals surface area contributed by atoms with Gasteiger partial charge in [-0.25, -0.2) is 13.1 Å². The van der Waals surface area contributed by atoms with E-state index in [1.165, 1.54) is 14.2 Å². The van der Waals surface area contributed by atoms with Crippen molar-refractivity contribution in [2.45, 2.75) is 38.6 Å². The monoisotopic (exact) mass is 384 g/mol. The second-order valence-electron chi connectivity index (χ2n) is 6.66. The molecular formula is C18H28N2O5S. The predicted octanol–water partition coefficient (Wildman–Crippen LogP) is 1.93. The van der Waals surface area contributed by atoms with E-state index in [0.29, 0.717) is 23.0 Å². The first-order chi connectivity index (χ1) is 12.3. The second kappa shape index (κ2) is 9.23. The van der Waals surface area contributed by atoms with Crippen molar-refractivity contribution in [3.63, 3.8) is 0 Å². The molecule has 0 radical (unpaired) electrons. The van der Waals surface area contributed by atoms with E-state index in [1.54, 1.807) is 18.2 Å². The Morgan fingerprint density at radius 3 is 2.31 bits per heavy atom. The lowest BCUT2D eigenvalue weighted by atomic mass is 9.87. The zero-order chi connectivity index (χ0) is 19.2. The molecule has 1 aromatic rings. The lowest BCUT2D eigenvalue weighted by Crippen LogP contribution is -2.43. The highest BCUT2D eigenvalue weighted by Gasteiger charge is 2.25. The molecule has 8 heteroatoms. The van der Waals surface area contributed by atoms with Gasteiger partial charge in [-0.3, -0.25) is 4.79 Å². The Morgan fingerprint density at radius 1 is 1.12 bits per heavy atom. The molecule has 0 aliphatic heterocycles. The number of rotatable bonds is 8. The molecule has 0 unspecified atom stereocenters. The van der Waals surface area contributed by atoms with Crippen molar-refractivity contribution >= 4 is 15.9 Å². The van der Waals surface area contributed by atoms with E-state index in [2.05, 4.69) is 17.0 Å². The van der Waals surface area contributed by atoms with Crippen molar-refractivity contribution in [2.75, 3.05) is 26.5 Å². The van der Waals surface area contributed by atoms with E-state index in [0.717, 1.165) is 25.7 Å². The summed E-state index contributed by atoms with van der Waals surface area (Å²) in [6, 6.07) is 4.81. The Bertz CT molecular complexity index is 698. The molecule has 1 fully saturated rings. The molecule has 7 nitrogen and oxygen atoms in total. The average Bonchev–Trinajstić information content (AvgIpc) is 2.62. The first-order valence-corrected chi connectivity index (χ1v) is 10.5.